The Balaban J connectivity index is 2.27. The van der Waals surface area contributed by atoms with Crippen LogP contribution in [0.25, 0.3) is 0 Å². The van der Waals surface area contributed by atoms with Gasteiger partial charge in [0.05, 0.1) is 0 Å². The number of alkyl halides is 2. The van der Waals surface area contributed by atoms with E-state index in [0.717, 1.165) is 8.86 Å². The quantitative estimate of drug-likeness (QED) is 0.276. The topological polar surface area (TPSA) is 17.1 Å². The van der Waals surface area contributed by atoms with E-state index in [9.17, 15) is 4.79 Å². The van der Waals surface area contributed by atoms with Crippen molar-refractivity contribution in [2.45, 2.75) is 0 Å². The molecular formula is C4H5ClIO-. The third kappa shape index (κ3) is 1.29. The predicted molar refractivity (Wildman–Crippen MR) is 24.1 cm³/mol. The summed E-state index contributed by atoms with van der Waals surface area (Å²) in [6.07, 6.45) is 0. The van der Waals surface area contributed by atoms with E-state index in [1.54, 1.807) is 0 Å². The summed E-state index contributed by atoms with van der Waals surface area (Å²) >= 11 is 5.57. The second-order valence-corrected chi connectivity index (χ2v) is 4.71. The summed E-state index contributed by atoms with van der Waals surface area (Å²) in [6, 6.07) is 0. The molecule has 42 valence electrons. The SMILES string of the molecule is O=C(Cl)C1C[I-]C1. The van der Waals surface area contributed by atoms with E-state index in [0.29, 0.717) is 21.2 Å². The molecule has 1 rings (SSSR count). The van der Waals surface area contributed by atoms with Gasteiger partial charge in [-0.3, -0.25) is 0 Å². The van der Waals surface area contributed by atoms with Gasteiger partial charge in [0.15, 0.2) is 0 Å². The minimum atomic E-state index is -0.119. The predicted octanol–water partition coefficient (Wildman–Crippen LogP) is -2.53. The Morgan fingerprint density at radius 2 is 2.29 bits per heavy atom. The third-order valence-electron chi connectivity index (χ3n) is 0.912. The molecule has 0 aromatic carbocycles. The van der Waals surface area contributed by atoms with Gasteiger partial charge in [-0.25, -0.2) is 0 Å². The van der Waals surface area contributed by atoms with E-state index in [1.165, 1.54) is 0 Å². The molecule has 0 atom stereocenters. The van der Waals surface area contributed by atoms with Crippen molar-refractivity contribution in [3.63, 3.8) is 0 Å². The molecule has 1 nitrogen and oxygen atoms in total. The molecule has 0 radical (unpaired) electrons. The molecule has 0 amide bonds. The molecule has 0 N–H and O–H groups in total. The standard InChI is InChI=1S/C4H5ClIO/c5-4(7)3-1-6-2-3/h3H,1-2H2/q-1. The van der Waals surface area contributed by atoms with Crippen molar-refractivity contribution in [3.05, 3.63) is 0 Å². The molecule has 1 aliphatic heterocycles. The summed E-state index contributed by atoms with van der Waals surface area (Å²) in [4.78, 5) is 10.2. The maximum absolute atomic E-state index is 10.2. The van der Waals surface area contributed by atoms with Crippen LogP contribution in [0.1, 0.15) is 0 Å². The zero-order valence-electron chi connectivity index (χ0n) is 3.66. The summed E-state index contributed by atoms with van der Waals surface area (Å²) in [5, 5.41) is -0.119. The second-order valence-electron chi connectivity index (χ2n) is 1.50. The second kappa shape index (κ2) is 2.31. The van der Waals surface area contributed by atoms with Crippen molar-refractivity contribution < 1.29 is 26.0 Å². The molecule has 0 aromatic rings. The zero-order valence-corrected chi connectivity index (χ0v) is 6.57. The summed E-state index contributed by atoms with van der Waals surface area (Å²) < 4.78 is 2.25. The molecule has 0 bridgehead atoms. The van der Waals surface area contributed by atoms with E-state index in [1.807, 2.05) is 0 Å². The van der Waals surface area contributed by atoms with E-state index < -0.39 is 0 Å². The van der Waals surface area contributed by atoms with Crippen LogP contribution in [0.3, 0.4) is 0 Å². The Morgan fingerprint density at radius 1 is 1.71 bits per heavy atom. The van der Waals surface area contributed by atoms with Gasteiger partial charge in [-0.15, -0.1) is 0 Å². The van der Waals surface area contributed by atoms with Gasteiger partial charge >= 0.3 is 57.6 Å². The van der Waals surface area contributed by atoms with Crippen molar-refractivity contribution in [2.24, 2.45) is 5.92 Å². The van der Waals surface area contributed by atoms with Crippen LogP contribution in [0, 0.1) is 5.92 Å². The van der Waals surface area contributed by atoms with Crippen molar-refractivity contribution in [3.8, 4) is 0 Å². The molecule has 1 saturated heterocycles. The number of hydrogen-bond donors (Lipinski definition) is 0. The Morgan fingerprint density at radius 3 is 2.29 bits per heavy atom. The van der Waals surface area contributed by atoms with Crippen molar-refractivity contribution >= 4 is 16.8 Å². The fraction of sp³-hybridized carbons (Fsp3) is 0.750. The first-order chi connectivity index (χ1) is 3.30. The van der Waals surface area contributed by atoms with Crippen LogP contribution in [0.4, 0.5) is 0 Å². The number of carbonyl (C=O) groups excluding carboxylic acids is 1. The molecule has 0 saturated carbocycles. The number of rotatable bonds is 1. The van der Waals surface area contributed by atoms with Crippen LogP contribution >= 0.6 is 11.6 Å². The van der Waals surface area contributed by atoms with Crippen molar-refractivity contribution in [1.82, 2.24) is 0 Å². The van der Waals surface area contributed by atoms with Gasteiger partial charge in [-0.2, -0.15) is 0 Å². The van der Waals surface area contributed by atoms with Crippen LogP contribution in [0.2, 0.25) is 0 Å². The van der Waals surface area contributed by atoms with Crippen LogP contribution in [0.15, 0.2) is 0 Å². The van der Waals surface area contributed by atoms with E-state index >= 15 is 0 Å². The molecule has 0 spiro atoms. The molecule has 7 heavy (non-hydrogen) atoms. The molecule has 3 heteroatoms. The van der Waals surface area contributed by atoms with Gasteiger partial charge in [-0.05, 0) is 0 Å². The van der Waals surface area contributed by atoms with Gasteiger partial charge < -0.3 is 0 Å². The molecule has 0 aromatic heterocycles. The van der Waals surface area contributed by atoms with Gasteiger partial charge in [-0.1, -0.05) is 0 Å². The number of carbonyl (C=O) groups is 1. The fourth-order valence-electron chi connectivity index (χ4n) is 0.340. The van der Waals surface area contributed by atoms with Crippen LogP contribution in [0.5, 0.6) is 0 Å². The summed E-state index contributed by atoms with van der Waals surface area (Å²) in [5.74, 6) is 0.259. The summed E-state index contributed by atoms with van der Waals surface area (Å²) in [6.45, 7) is 0. The number of halogens is 2. The van der Waals surface area contributed by atoms with Gasteiger partial charge in [0.1, 0.15) is 0 Å². The first-order valence-electron chi connectivity index (χ1n) is 2.03. The van der Waals surface area contributed by atoms with E-state index in [4.69, 9.17) is 11.6 Å². The number of hydrogen-bond acceptors (Lipinski definition) is 1. The van der Waals surface area contributed by atoms with Gasteiger partial charge in [0.25, 0.3) is 0 Å². The Bertz CT molecular complexity index is 89.7. The first-order valence-corrected chi connectivity index (χ1v) is 5.46. The van der Waals surface area contributed by atoms with Crippen molar-refractivity contribution in [1.29, 1.82) is 0 Å². The van der Waals surface area contributed by atoms with Crippen LogP contribution in [-0.4, -0.2) is 14.1 Å². The minimum absolute atomic E-state index is 0.119. The van der Waals surface area contributed by atoms with Crippen LogP contribution < -0.4 is 21.2 Å². The fourth-order valence-corrected chi connectivity index (χ4v) is 3.06. The maximum atomic E-state index is 10.2. The molecule has 0 unspecified atom stereocenters. The average Bonchev–Trinajstić information content (AvgIpc) is 1.23. The Labute approximate surface area is 57.7 Å². The van der Waals surface area contributed by atoms with Gasteiger partial charge in [0, 0.05) is 0 Å². The Kier molecular flexibility index (Phi) is 1.92. The first kappa shape index (κ1) is 5.82. The molecule has 1 aliphatic rings. The monoisotopic (exact) mass is 231 g/mol. The van der Waals surface area contributed by atoms with Crippen LogP contribution in [-0.2, 0) is 4.79 Å². The molecule has 1 heterocycles. The normalized spacial score (nSPS) is 22.4. The zero-order chi connectivity index (χ0) is 5.28. The third-order valence-corrected chi connectivity index (χ3v) is 4.59. The van der Waals surface area contributed by atoms with E-state index in [2.05, 4.69) is 0 Å². The van der Waals surface area contributed by atoms with Crippen molar-refractivity contribution in [2.75, 3.05) is 8.86 Å². The Hall–Kier alpha value is 0.690. The molecular weight excluding hydrogens is 226 g/mol. The summed E-state index contributed by atoms with van der Waals surface area (Å²) in [5.41, 5.74) is 0. The summed E-state index contributed by atoms with van der Waals surface area (Å²) in [7, 11) is 0. The average molecular weight is 231 g/mol. The molecule has 0 aliphatic carbocycles. The van der Waals surface area contributed by atoms with E-state index in [-0.39, 0.29) is 11.2 Å². The molecule has 1 fully saturated rings. The van der Waals surface area contributed by atoms with Gasteiger partial charge in [0.2, 0.25) is 0 Å².